The Kier molecular flexibility index (Phi) is 6.76. The fraction of sp³-hybridized carbons (Fsp3) is 0.684. The smallest absolute Gasteiger partial charge is 0.123 e. The zero-order valence-electron chi connectivity index (χ0n) is 14.9. The second kappa shape index (κ2) is 7.70. The number of aliphatic hydroxyl groups excluding tert-OH is 1. The van der Waals surface area contributed by atoms with Gasteiger partial charge in [0.25, 0.3) is 0 Å². The van der Waals surface area contributed by atoms with Crippen LogP contribution < -0.4 is 4.74 Å². The lowest BCUT2D eigenvalue weighted by atomic mass is 9.76. The number of hydrogen-bond donors (Lipinski definition) is 1. The Labute approximate surface area is 140 Å². The Bertz CT molecular complexity index is 480. The zero-order chi connectivity index (χ0) is 17.0. The molecule has 1 aromatic carbocycles. The third-order valence-corrected chi connectivity index (χ3v) is 5.22. The summed E-state index contributed by atoms with van der Waals surface area (Å²) >= 11 is 5.65. The van der Waals surface area contributed by atoms with Crippen molar-refractivity contribution in [3.63, 3.8) is 0 Å². The summed E-state index contributed by atoms with van der Waals surface area (Å²) in [4.78, 5) is 0. The number of aliphatic hydroxyl groups is 1. The van der Waals surface area contributed by atoms with Crippen LogP contribution in [0.5, 0.6) is 5.75 Å². The van der Waals surface area contributed by atoms with Crippen LogP contribution in [0.15, 0.2) is 18.2 Å². The molecule has 0 fully saturated rings. The van der Waals surface area contributed by atoms with Gasteiger partial charge in [0.2, 0.25) is 0 Å². The van der Waals surface area contributed by atoms with Crippen molar-refractivity contribution in [3.05, 3.63) is 29.3 Å². The molecule has 0 radical (unpaired) electrons. The molecule has 0 aromatic heterocycles. The molecular formula is C19H31ClO2. The van der Waals surface area contributed by atoms with Crippen molar-refractivity contribution in [1.29, 1.82) is 0 Å². The van der Waals surface area contributed by atoms with E-state index in [1.807, 2.05) is 6.07 Å². The molecule has 0 aliphatic heterocycles. The summed E-state index contributed by atoms with van der Waals surface area (Å²) in [5.74, 6) is 1.04. The summed E-state index contributed by atoms with van der Waals surface area (Å²) in [5.41, 5.74) is 2.71. The van der Waals surface area contributed by atoms with Crippen LogP contribution in [-0.2, 0) is 10.8 Å². The summed E-state index contributed by atoms with van der Waals surface area (Å²) in [7, 11) is 0. The highest BCUT2D eigenvalue weighted by Crippen LogP contribution is 2.38. The summed E-state index contributed by atoms with van der Waals surface area (Å²) in [6, 6.07) is 6.46. The van der Waals surface area contributed by atoms with Crippen molar-refractivity contribution in [2.45, 2.75) is 71.3 Å². The molecule has 1 unspecified atom stereocenters. The predicted octanol–water partition coefficient (Wildman–Crippen LogP) is 5.04. The highest BCUT2D eigenvalue weighted by molar-refractivity contribution is 6.18. The standard InChI is InChI=1S/C19H31ClO2/c1-7-18(3,4)14-9-10-17(22-13-15(21)12-20)16(11-14)19(5,6)8-2/h9-11,15,21H,7-8,12-13H2,1-6H3. The number of ether oxygens (including phenoxy) is 1. The van der Waals surface area contributed by atoms with Crippen molar-refractivity contribution in [1.82, 2.24) is 0 Å². The van der Waals surface area contributed by atoms with E-state index in [4.69, 9.17) is 16.3 Å². The van der Waals surface area contributed by atoms with Crippen LogP contribution in [-0.4, -0.2) is 23.7 Å². The monoisotopic (exact) mass is 326 g/mol. The van der Waals surface area contributed by atoms with Gasteiger partial charge in [-0.25, -0.2) is 0 Å². The van der Waals surface area contributed by atoms with Crippen LogP contribution in [0, 0.1) is 0 Å². The minimum Gasteiger partial charge on any atom is -0.491 e. The van der Waals surface area contributed by atoms with E-state index >= 15 is 0 Å². The van der Waals surface area contributed by atoms with E-state index in [0.29, 0.717) is 0 Å². The molecule has 3 heteroatoms. The highest BCUT2D eigenvalue weighted by Gasteiger charge is 2.26. The van der Waals surface area contributed by atoms with Crippen molar-refractivity contribution in [2.75, 3.05) is 12.5 Å². The van der Waals surface area contributed by atoms with Gasteiger partial charge in [0, 0.05) is 5.56 Å². The predicted molar refractivity (Wildman–Crippen MR) is 95.3 cm³/mol. The average Bonchev–Trinajstić information content (AvgIpc) is 2.52. The summed E-state index contributed by atoms with van der Waals surface area (Å²) < 4.78 is 5.84. The molecular weight excluding hydrogens is 296 g/mol. The fourth-order valence-electron chi connectivity index (χ4n) is 2.23. The molecule has 1 rings (SSSR count). The minimum atomic E-state index is -0.633. The van der Waals surface area contributed by atoms with Crippen LogP contribution in [0.25, 0.3) is 0 Å². The third-order valence-electron chi connectivity index (χ3n) is 4.87. The fourth-order valence-corrected chi connectivity index (χ4v) is 2.32. The lowest BCUT2D eigenvalue weighted by Crippen LogP contribution is -2.23. The van der Waals surface area contributed by atoms with E-state index in [-0.39, 0.29) is 23.3 Å². The SMILES string of the molecule is CCC(C)(C)c1ccc(OCC(O)CCl)c(C(C)(C)CC)c1. The van der Waals surface area contributed by atoms with Gasteiger partial charge < -0.3 is 9.84 Å². The van der Waals surface area contributed by atoms with Crippen LogP contribution in [0.3, 0.4) is 0 Å². The number of benzene rings is 1. The van der Waals surface area contributed by atoms with Crippen molar-refractivity contribution >= 4 is 11.6 Å². The van der Waals surface area contributed by atoms with Crippen molar-refractivity contribution in [3.8, 4) is 5.75 Å². The summed E-state index contributed by atoms with van der Waals surface area (Å²) in [6.07, 6.45) is 1.48. The maximum Gasteiger partial charge on any atom is 0.123 e. The average molecular weight is 327 g/mol. The van der Waals surface area contributed by atoms with Crippen LogP contribution in [0.2, 0.25) is 0 Å². The molecule has 0 heterocycles. The normalized spacial score (nSPS) is 14.0. The number of rotatable bonds is 8. The molecule has 1 atom stereocenters. The van der Waals surface area contributed by atoms with Crippen molar-refractivity contribution in [2.24, 2.45) is 0 Å². The first-order valence-corrected chi connectivity index (χ1v) is 8.73. The second-order valence-corrected chi connectivity index (χ2v) is 7.61. The molecule has 0 aliphatic carbocycles. The first-order chi connectivity index (χ1) is 10.2. The summed E-state index contributed by atoms with van der Waals surface area (Å²) in [6.45, 7) is 13.6. The maximum atomic E-state index is 9.64. The Morgan fingerprint density at radius 3 is 2.18 bits per heavy atom. The van der Waals surface area contributed by atoms with Crippen LogP contribution in [0.4, 0.5) is 0 Å². The van der Waals surface area contributed by atoms with Gasteiger partial charge in [-0.3, -0.25) is 0 Å². The maximum absolute atomic E-state index is 9.64. The van der Waals surface area contributed by atoms with Gasteiger partial charge in [0.05, 0.1) is 5.88 Å². The summed E-state index contributed by atoms with van der Waals surface area (Å²) in [5, 5.41) is 9.64. The van der Waals surface area contributed by atoms with Gasteiger partial charge in [0.15, 0.2) is 0 Å². The molecule has 0 saturated heterocycles. The molecule has 1 N–H and O–H groups in total. The Hall–Kier alpha value is -0.730. The molecule has 126 valence electrons. The lowest BCUT2D eigenvalue weighted by molar-refractivity contribution is 0.124. The molecule has 0 aliphatic rings. The van der Waals surface area contributed by atoms with E-state index in [1.54, 1.807) is 0 Å². The Morgan fingerprint density at radius 2 is 1.68 bits per heavy atom. The van der Waals surface area contributed by atoms with Crippen molar-refractivity contribution < 1.29 is 9.84 Å². The van der Waals surface area contributed by atoms with E-state index in [9.17, 15) is 5.11 Å². The van der Waals surface area contributed by atoms with Gasteiger partial charge >= 0.3 is 0 Å². The van der Waals surface area contributed by atoms with Crippen LogP contribution in [0.1, 0.15) is 65.5 Å². The highest BCUT2D eigenvalue weighted by atomic mass is 35.5. The minimum absolute atomic E-state index is 0.0289. The topological polar surface area (TPSA) is 29.5 Å². The van der Waals surface area contributed by atoms with Gasteiger partial charge in [0.1, 0.15) is 18.5 Å². The number of halogens is 1. The van der Waals surface area contributed by atoms with Gasteiger partial charge in [-0.2, -0.15) is 0 Å². The first kappa shape index (κ1) is 19.3. The quantitative estimate of drug-likeness (QED) is 0.678. The molecule has 22 heavy (non-hydrogen) atoms. The van der Waals surface area contributed by atoms with Gasteiger partial charge in [-0.05, 0) is 35.3 Å². The molecule has 1 aromatic rings. The molecule has 2 nitrogen and oxygen atoms in total. The molecule has 0 bridgehead atoms. The molecule has 0 spiro atoms. The Balaban J connectivity index is 3.22. The first-order valence-electron chi connectivity index (χ1n) is 8.19. The van der Waals surface area contributed by atoms with Crippen LogP contribution >= 0.6 is 11.6 Å². The Morgan fingerprint density at radius 1 is 1.09 bits per heavy atom. The zero-order valence-corrected chi connectivity index (χ0v) is 15.6. The van der Waals surface area contributed by atoms with E-state index in [1.165, 1.54) is 11.1 Å². The molecule has 0 saturated carbocycles. The lowest BCUT2D eigenvalue weighted by Gasteiger charge is -2.30. The number of alkyl halides is 1. The van der Waals surface area contributed by atoms with E-state index < -0.39 is 6.10 Å². The van der Waals surface area contributed by atoms with E-state index in [0.717, 1.165) is 18.6 Å². The van der Waals surface area contributed by atoms with Gasteiger partial charge in [-0.1, -0.05) is 53.7 Å². The largest absolute Gasteiger partial charge is 0.491 e. The number of hydrogen-bond acceptors (Lipinski definition) is 2. The molecule has 0 amide bonds. The van der Waals surface area contributed by atoms with Gasteiger partial charge in [-0.15, -0.1) is 11.6 Å². The third kappa shape index (κ3) is 4.63. The second-order valence-electron chi connectivity index (χ2n) is 7.30. The van der Waals surface area contributed by atoms with E-state index in [2.05, 4.69) is 53.7 Å².